The van der Waals surface area contributed by atoms with Gasteiger partial charge < -0.3 is 9.88 Å². The van der Waals surface area contributed by atoms with Gasteiger partial charge in [-0.05, 0) is 37.6 Å². The van der Waals surface area contributed by atoms with Crippen LogP contribution in [0.1, 0.15) is 25.0 Å². The summed E-state index contributed by atoms with van der Waals surface area (Å²) in [4.78, 5) is 12.2. The Hall–Kier alpha value is -3.03. The molecule has 0 aliphatic heterocycles. The third kappa shape index (κ3) is 4.21. The molecule has 5 heteroatoms. The molecule has 0 spiro atoms. The van der Waals surface area contributed by atoms with Gasteiger partial charge in [0.25, 0.3) is 5.91 Å². The summed E-state index contributed by atoms with van der Waals surface area (Å²) in [6, 6.07) is 17.6. The van der Waals surface area contributed by atoms with E-state index in [1.54, 1.807) is 6.08 Å². The van der Waals surface area contributed by atoms with Gasteiger partial charge in [0.15, 0.2) is 0 Å². The highest BCUT2D eigenvalue weighted by molar-refractivity contribution is 6.31. The van der Waals surface area contributed by atoms with E-state index in [4.69, 9.17) is 11.6 Å². The fourth-order valence-corrected chi connectivity index (χ4v) is 3.17. The minimum absolute atomic E-state index is 0.0317. The number of nitrogens with one attached hydrogen (secondary N) is 1. The van der Waals surface area contributed by atoms with E-state index in [-0.39, 0.29) is 17.5 Å². The van der Waals surface area contributed by atoms with Gasteiger partial charge in [0.1, 0.15) is 11.6 Å². The third-order valence-electron chi connectivity index (χ3n) is 4.20. The zero-order chi connectivity index (χ0) is 19.4. The van der Waals surface area contributed by atoms with E-state index in [2.05, 4.69) is 9.88 Å². The zero-order valence-corrected chi connectivity index (χ0v) is 16.0. The van der Waals surface area contributed by atoms with Gasteiger partial charge in [-0.1, -0.05) is 48.0 Å². The van der Waals surface area contributed by atoms with Crippen LogP contribution in [-0.2, 0) is 11.3 Å². The summed E-state index contributed by atoms with van der Waals surface area (Å²) in [6.07, 6.45) is 3.59. The number of aromatic nitrogens is 1. The lowest BCUT2D eigenvalue weighted by atomic mass is 10.1. The Morgan fingerprint density at radius 3 is 2.63 bits per heavy atom. The molecule has 0 radical (unpaired) electrons. The summed E-state index contributed by atoms with van der Waals surface area (Å²) in [6.45, 7) is 4.33. The molecule has 4 nitrogen and oxygen atoms in total. The number of rotatable bonds is 5. The van der Waals surface area contributed by atoms with Crippen molar-refractivity contribution in [3.8, 4) is 6.07 Å². The maximum absolute atomic E-state index is 12.2. The number of amides is 1. The number of nitrogens with zero attached hydrogens (tertiary/aromatic N) is 2. The molecule has 136 valence electrons. The maximum atomic E-state index is 12.2. The van der Waals surface area contributed by atoms with Crippen molar-refractivity contribution < 1.29 is 4.79 Å². The van der Waals surface area contributed by atoms with Gasteiger partial charge in [-0.25, -0.2) is 0 Å². The number of para-hydroxylation sites is 1. The molecule has 0 fully saturated rings. The minimum atomic E-state index is -0.365. The van der Waals surface area contributed by atoms with Crippen LogP contribution in [0.2, 0.25) is 5.02 Å². The Morgan fingerprint density at radius 2 is 1.93 bits per heavy atom. The number of carbonyl (C=O) groups excluding carboxylic acids is 1. The van der Waals surface area contributed by atoms with Crippen LogP contribution in [-0.4, -0.2) is 16.5 Å². The van der Waals surface area contributed by atoms with Crippen LogP contribution in [0.5, 0.6) is 0 Å². The second kappa shape index (κ2) is 8.11. The zero-order valence-electron chi connectivity index (χ0n) is 15.2. The highest BCUT2D eigenvalue weighted by Crippen LogP contribution is 2.26. The lowest BCUT2D eigenvalue weighted by molar-refractivity contribution is -0.117. The van der Waals surface area contributed by atoms with Crippen molar-refractivity contribution in [3.63, 3.8) is 0 Å². The molecule has 3 aromatic rings. The second-order valence-electron chi connectivity index (χ2n) is 6.62. The summed E-state index contributed by atoms with van der Waals surface area (Å²) >= 11 is 6.31. The Labute approximate surface area is 163 Å². The molecular weight excluding hydrogens is 358 g/mol. The Morgan fingerprint density at radius 1 is 1.22 bits per heavy atom. The number of nitriles is 1. The molecule has 0 saturated heterocycles. The Bertz CT molecular complexity index is 1060. The first-order chi connectivity index (χ1) is 13.0. The number of halogens is 1. The number of hydrogen-bond acceptors (Lipinski definition) is 2. The molecule has 1 aromatic heterocycles. The summed E-state index contributed by atoms with van der Waals surface area (Å²) in [5, 5.41) is 13.9. The molecular formula is C22H20ClN3O. The van der Waals surface area contributed by atoms with E-state index in [9.17, 15) is 10.1 Å². The van der Waals surface area contributed by atoms with Crippen LogP contribution in [0.15, 0.2) is 60.3 Å². The summed E-state index contributed by atoms with van der Waals surface area (Å²) in [7, 11) is 0. The smallest absolute Gasteiger partial charge is 0.262 e. The number of hydrogen-bond donors (Lipinski definition) is 1. The van der Waals surface area contributed by atoms with Crippen molar-refractivity contribution in [3.05, 3.63) is 76.5 Å². The molecule has 0 aliphatic carbocycles. The SMILES string of the molecule is CC(C)NC(=O)/C(C#N)=C\c1cn(Cc2ccccc2Cl)c2ccccc12. The average Bonchev–Trinajstić information content (AvgIpc) is 2.98. The number of fused-ring (bicyclic) bond motifs is 1. The van der Waals surface area contributed by atoms with Gasteiger partial charge in [-0.3, -0.25) is 4.79 Å². The van der Waals surface area contributed by atoms with Crippen LogP contribution < -0.4 is 5.32 Å². The van der Waals surface area contributed by atoms with E-state index in [0.717, 1.165) is 22.0 Å². The quantitative estimate of drug-likeness (QED) is 0.514. The van der Waals surface area contributed by atoms with Gasteiger partial charge in [-0.15, -0.1) is 0 Å². The predicted octanol–water partition coefficient (Wildman–Crippen LogP) is 4.77. The Balaban J connectivity index is 2.05. The van der Waals surface area contributed by atoms with Crippen molar-refractivity contribution in [2.45, 2.75) is 26.4 Å². The number of carbonyl (C=O) groups is 1. The molecule has 1 N–H and O–H groups in total. The summed E-state index contributed by atoms with van der Waals surface area (Å²) in [5.74, 6) is -0.365. The molecule has 3 rings (SSSR count). The molecule has 0 atom stereocenters. The Kier molecular flexibility index (Phi) is 5.63. The largest absolute Gasteiger partial charge is 0.349 e. The fourth-order valence-electron chi connectivity index (χ4n) is 2.98. The van der Waals surface area contributed by atoms with Crippen molar-refractivity contribution in [1.82, 2.24) is 9.88 Å². The molecule has 2 aromatic carbocycles. The molecule has 0 bridgehead atoms. The second-order valence-corrected chi connectivity index (χ2v) is 7.03. The van der Waals surface area contributed by atoms with Crippen molar-refractivity contribution in [2.24, 2.45) is 0 Å². The van der Waals surface area contributed by atoms with E-state index in [1.807, 2.05) is 74.6 Å². The van der Waals surface area contributed by atoms with Gasteiger partial charge in [0.2, 0.25) is 0 Å². The van der Waals surface area contributed by atoms with E-state index < -0.39 is 0 Å². The topological polar surface area (TPSA) is 57.8 Å². The summed E-state index contributed by atoms with van der Waals surface area (Å²) < 4.78 is 2.08. The molecule has 1 amide bonds. The first-order valence-electron chi connectivity index (χ1n) is 8.73. The van der Waals surface area contributed by atoms with Crippen molar-refractivity contribution in [1.29, 1.82) is 5.26 Å². The van der Waals surface area contributed by atoms with Crippen LogP contribution in [0.3, 0.4) is 0 Å². The molecule has 1 heterocycles. The van der Waals surface area contributed by atoms with Crippen LogP contribution in [0.4, 0.5) is 0 Å². The van der Waals surface area contributed by atoms with Crippen molar-refractivity contribution in [2.75, 3.05) is 0 Å². The van der Waals surface area contributed by atoms with E-state index >= 15 is 0 Å². The first kappa shape index (κ1) is 18.8. The lowest BCUT2D eigenvalue weighted by Crippen LogP contribution is -2.30. The van der Waals surface area contributed by atoms with Crippen molar-refractivity contribution >= 4 is 34.5 Å². The van der Waals surface area contributed by atoms with Crippen LogP contribution in [0.25, 0.3) is 17.0 Å². The minimum Gasteiger partial charge on any atom is -0.349 e. The van der Waals surface area contributed by atoms with Crippen LogP contribution in [0, 0.1) is 11.3 Å². The van der Waals surface area contributed by atoms with Crippen LogP contribution >= 0.6 is 11.6 Å². The third-order valence-corrected chi connectivity index (χ3v) is 4.57. The predicted molar refractivity (Wildman–Crippen MR) is 109 cm³/mol. The van der Waals surface area contributed by atoms with Gasteiger partial charge >= 0.3 is 0 Å². The highest BCUT2D eigenvalue weighted by atomic mass is 35.5. The molecule has 27 heavy (non-hydrogen) atoms. The van der Waals surface area contributed by atoms with E-state index in [1.165, 1.54) is 0 Å². The maximum Gasteiger partial charge on any atom is 0.262 e. The fraction of sp³-hybridized carbons (Fsp3) is 0.182. The summed E-state index contributed by atoms with van der Waals surface area (Å²) in [5.41, 5.74) is 2.94. The molecule has 0 saturated carbocycles. The van der Waals surface area contributed by atoms with Gasteiger partial charge in [0, 0.05) is 40.3 Å². The average molecular weight is 378 g/mol. The molecule has 0 unspecified atom stereocenters. The lowest BCUT2D eigenvalue weighted by Gasteiger charge is -2.07. The first-order valence-corrected chi connectivity index (χ1v) is 9.11. The van der Waals surface area contributed by atoms with E-state index in [0.29, 0.717) is 11.6 Å². The monoisotopic (exact) mass is 377 g/mol. The number of benzene rings is 2. The molecule has 0 aliphatic rings. The highest BCUT2D eigenvalue weighted by Gasteiger charge is 2.13. The van der Waals surface area contributed by atoms with Gasteiger partial charge in [0.05, 0.1) is 0 Å². The normalized spacial score (nSPS) is 11.6. The van der Waals surface area contributed by atoms with Gasteiger partial charge in [-0.2, -0.15) is 5.26 Å². The standard InChI is InChI=1S/C22H20ClN3O/c1-15(2)25-22(27)17(12-24)11-18-14-26(21-10-6-4-8-19(18)21)13-16-7-3-5-9-20(16)23/h3-11,14-15H,13H2,1-2H3,(H,25,27)/b17-11-.